The molecule has 1 unspecified atom stereocenters. The molecule has 6 nitrogen and oxygen atoms in total. The minimum atomic E-state index is -2.97. The molecule has 122 valence electrons. The van der Waals surface area contributed by atoms with Crippen molar-refractivity contribution in [1.29, 1.82) is 0 Å². The number of nitrogens with zero attached hydrogens (tertiary/aromatic N) is 1. The van der Waals surface area contributed by atoms with Crippen LogP contribution in [0.15, 0.2) is 0 Å². The molecule has 0 spiro atoms. The molecule has 21 heavy (non-hydrogen) atoms. The first-order chi connectivity index (χ1) is 9.63. The molecule has 3 N–H and O–H groups in total. The molecule has 1 atom stereocenters. The van der Waals surface area contributed by atoms with Gasteiger partial charge in [0.2, 0.25) is 0 Å². The molecule has 0 aromatic heterocycles. The lowest BCUT2D eigenvalue weighted by molar-refractivity contribution is -0.139. The number of carbonyl (C=O) groups is 2. The topological polar surface area (TPSA) is 81.7 Å². The van der Waals surface area contributed by atoms with Crippen molar-refractivity contribution in [2.45, 2.75) is 57.7 Å². The van der Waals surface area contributed by atoms with Crippen LogP contribution in [0.25, 0.3) is 0 Å². The van der Waals surface area contributed by atoms with Gasteiger partial charge in [-0.25, -0.2) is 13.6 Å². The van der Waals surface area contributed by atoms with Gasteiger partial charge in [-0.2, -0.15) is 0 Å². The van der Waals surface area contributed by atoms with Crippen LogP contribution in [0.1, 0.15) is 33.6 Å². The van der Waals surface area contributed by atoms with Crippen molar-refractivity contribution < 1.29 is 23.5 Å². The third-order valence-corrected chi connectivity index (χ3v) is 3.82. The highest BCUT2D eigenvalue weighted by molar-refractivity contribution is 5.74. The van der Waals surface area contributed by atoms with E-state index in [0.29, 0.717) is 19.4 Å². The molecule has 0 bridgehead atoms. The fraction of sp³-hybridized carbons (Fsp3) is 0.846. The van der Waals surface area contributed by atoms with Crippen LogP contribution < -0.4 is 10.6 Å². The number of hydrogen-bond acceptors (Lipinski definition) is 3. The Balaban J connectivity index is 2.31. The summed E-state index contributed by atoms with van der Waals surface area (Å²) in [7, 11) is 0. The van der Waals surface area contributed by atoms with Gasteiger partial charge in [-0.05, 0) is 26.3 Å². The SMILES string of the molecule is CCN(CC(=O)O)C1CC(NC(=O)NC(C)C(C)(F)F)C1. The largest absolute Gasteiger partial charge is 0.480 e. The van der Waals surface area contributed by atoms with Gasteiger partial charge >= 0.3 is 12.0 Å². The van der Waals surface area contributed by atoms with Gasteiger partial charge in [0, 0.05) is 19.0 Å². The van der Waals surface area contributed by atoms with Crippen molar-refractivity contribution >= 4 is 12.0 Å². The number of aliphatic carboxylic acids is 1. The van der Waals surface area contributed by atoms with Gasteiger partial charge < -0.3 is 15.7 Å². The predicted molar refractivity (Wildman–Crippen MR) is 73.4 cm³/mol. The van der Waals surface area contributed by atoms with E-state index in [1.165, 1.54) is 6.92 Å². The molecule has 1 rings (SSSR count). The Morgan fingerprint density at radius 1 is 1.43 bits per heavy atom. The highest BCUT2D eigenvalue weighted by Crippen LogP contribution is 2.25. The number of rotatable bonds is 7. The molecule has 0 heterocycles. The van der Waals surface area contributed by atoms with Crippen molar-refractivity contribution in [3.8, 4) is 0 Å². The van der Waals surface area contributed by atoms with Crippen molar-refractivity contribution in [2.75, 3.05) is 13.1 Å². The van der Waals surface area contributed by atoms with E-state index < -0.39 is 24.0 Å². The summed E-state index contributed by atoms with van der Waals surface area (Å²) < 4.78 is 25.9. The molecular weight excluding hydrogens is 284 g/mol. The first kappa shape index (κ1) is 17.6. The first-order valence-electron chi connectivity index (χ1n) is 7.04. The second kappa shape index (κ2) is 7.02. The number of halogens is 2. The molecule has 1 aliphatic rings. The van der Waals surface area contributed by atoms with Crippen molar-refractivity contribution in [3.63, 3.8) is 0 Å². The van der Waals surface area contributed by atoms with E-state index in [4.69, 9.17) is 5.11 Å². The zero-order valence-corrected chi connectivity index (χ0v) is 12.5. The predicted octanol–water partition coefficient (Wildman–Crippen LogP) is 1.27. The number of carboxylic acids is 1. The number of nitrogens with one attached hydrogen (secondary N) is 2. The summed E-state index contributed by atoms with van der Waals surface area (Å²) in [6.45, 7) is 4.47. The number of carbonyl (C=O) groups excluding carboxylic acids is 1. The summed E-state index contributed by atoms with van der Waals surface area (Å²) in [5, 5.41) is 13.6. The molecule has 1 saturated carbocycles. The fourth-order valence-corrected chi connectivity index (χ4v) is 2.23. The Bertz CT molecular complexity index is 381. The highest BCUT2D eigenvalue weighted by Gasteiger charge is 2.36. The zero-order valence-electron chi connectivity index (χ0n) is 12.5. The van der Waals surface area contributed by atoms with Gasteiger partial charge in [-0.3, -0.25) is 9.69 Å². The summed E-state index contributed by atoms with van der Waals surface area (Å²) >= 11 is 0. The van der Waals surface area contributed by atoms with Crippen LogP contribution >= 0.6 is 0 Å². The van der Waals surface area contributed by atoms with E-state index in [-0.39, 0.29) is 18.6 Å². The maximum Gasteiger partial charge on any atom is 0.317 e. The molecule has 1 aliphatic carbocycles. The van der Waals surface area contributed by atoms with E-state index >= 15 is 0 Å². The van der Waals surface area contributed by atoms with Crippen LogP contribution in [0.2, 0.25) is 0 Å². The van der Waals surface area contributed by atoms with E-state index in [9.17, 15) is 18.4 Å². The molecule has 0 aromatic rings. The van der Waals surface area contributed by atoms with Crippen LogP contribution in [-0.2, 0) is 4.79 Å². The van der Waals surface area contributed by atoms with Crippen LogP contribution in [0.3, 0.4) is 0 Å². The number of likely N-dealkylation sites (N-methyl/N-ethyl adjacent to an activating group) is 1. The second-order valence-electron chi connectivity index (χ2n) is 5.57. The fourth-order valence-electron chi connectivity index (χ4n) is 2.23. The highest BCUT2D eigenvalue weighted by atomic mass is 19.3. The van der Waals surface area contributed by atoms with Gasteiger partial charge in [0.05, 0.1) is 12.6 Å². The summed E-state index contributed by atoms with van der Waals surface area (Å²) in [6.07, 6.45) is 1.26. The lowest BCUT2D eigenvalue weighted by Gasteiger charge is -2.42. The number of amides is 2. The molecule has 0 saturated heterocycles. The standard InChI is InChI=1S/C13H23F2N3O3/c1-4-18(7-11(19)20)10-5-9(6-10)17-12(21)16-8(2)13(3,14)15/h8-10H,4-7H2,1-3H3,(H,19,20)(H2,16,17,21). The van der Waals surface area contributed by atoms with Gasteiger partial charge in [-0.1, -0.05) is 6.92 Å². The number of hydrogen-bond donors (Lipinski definition) is 3. The monoisotopic (exact) mass is 307 g/mol. The molecule has 0 aromatic carbocycles. The van der Waals surface area contributed by atoms with E-state index in [2.05, 4.69) is 10.6 Å². The van der Waals surface area contributed by atoms with Crippen LogP contribution in [0.5, 0.6) is 0 Å². The lowest BCUT2D eigenvalue weighted by Crippen LogP contribution is -2.58. The van der Waals surface area contributed by atoms with Gasteiger partial charge in [0.1, 0.15) is 0 Å². The van der Waals surface area contributed by atoms with Gasteiger partial charge in [0.25, 0.3) is 5.92 Å². The normalized spacial score (nSPS) is 23.3. The van der Waals surface area contributed by atoms with E-state index in [1.807, 2.05) is 11.8 Å². The maximum absolute atomic E-state index is 12.9. The molecule has 8 heteroatoms. The molecule has 0 aliphatic heterocycles. The third kappa shape index (κ3) is 5.45. The van der Waals surface area contributed by atoms with Gasteiger partial charge in [-0.15, -0.1) is 0 Å². The van der Waals surface area contributed by atoms with Crippen molar-refractivity contribution in [3.05, 3.63) is 0 Å². The van der Waals surface area contributed by atoms with Gasteiger partial charge in [0.15, 0.2) is 0 Å². The molecule has 2 amide bonds. The van der Waals surface area contributed by atoms with Crippen LogP contribution in [0, 0.1) is 0 Å². The first-order valence-corrected chi connectivity index (χ1v) is 7.04. The zero-order chi connectivity index (χ0) is 16.2. The lowest BCUT2D eigenvalue weighted by atomic mass is 9.85. The van der Waals surface area contributed by atoms with E-state index in [0.717, 1.165) is 6.92 Å². The average Bonchev–Trinajstić information content (AvgIpc) is 2.29. The molecule has 1 fully saturated rings. The Kier molecular flexibility index (Phi) is 5.88. The Labute approximate surface area is 122 Å². The summed E-state index contributed by atoms with van der Waals surface area (Å²) in [4.78, 5) is 24.1. The minimum Gasteiger partial charge on any atom is -0.480 e. The third-order valence-electron chi connectivity index (χ3n) is 3.82. The Morgan fingerprint density at radius 3 is 2.43 bits per heavy atom. The summed E-state index contributed by atoms with van der Waals surface area (Å²) in [5.74, 6) is -3.86. The van der Waals surface area contributed by atoms with Crippen molar-refractivity contribution in [2.24, 2.45) is 0 Å². The van der Waals surface area contributed by atoms with Crippen LogP contribution in [0.4, 0.5) is 13.6 Å². The molecule has 0 radical (unpaired) electrons. The average molecular weight is 307 g/mol. The smallest absolute Gasteiger partial charge is 0.317 e. The summed E-state index contributed by atoms with van der Waals surface area (Å²) in [6, 6.07) is -1.85. The summed E-state index contributed by atoms with van der Waals surface area (Å²) in [5.41, 5.74) is 0. The minimum absolute atomic E-state index is 0.0286. The molecular formula is C13H23F2N3O3. The van der Waals surface area contributed by atoms with Crippen LogP contribution in [-0.4, -0.2) is 59.1 Å². The number of carboxylic acid groups (broad SMARTS) is 1. The maximum atomic E-state index is 12.9. The number of alkyl halides is 2. The second-order valence-corrected chi connectivity index (χ2v) is 5.57. The Hall–Kier alpha value is -1.44. The quantitative estimate of drug-likeness (QED) is 0.661. The van der Waals surface area contributed by atoms with E-state index in [1.54, 1.807) is 0 Å². The number of urea groups is 1. The Morgan fingerprint density at radius 2 is 2.00 bits per heavy atom. The van der Waals surface area contributed by atoms with Crippen molar-refractivity contribution in [1.82, 2.24) is 15.5 Å².